The van der Waals surface area contributed by atoms with Gasteiger partial charge in [0.2, 0.25) is 0 Å². The molecule has 0 N–H and O–H groups in total. The molecule has 0 saturated carbocycles. The van der Waals surface area contributed by atoms with E-state index in [9.17, 15) is 0 Å². The van der Waals surface area contributed by atoms with Crippen LogP contribution < -0.4 is 0 Å². The minimum Gasteiger partial charge on any atom is -0.342 e. The number of fused-ring (bicyclic) bond motifs is 2. The number of aromatic nitrogens is 1. The Labute approximate surface area is 163 Å². The van der Waals surface area contributed by atoms with Crippen LogP contribution in [-0.2, 0) is 12.0 Å². The Morgan fingerprint density at radius 1 is 1.23 bits per heavy atom. The molecular weight excluding hydrogens is 336 g/mol. The molecule has 26 heavy (non-hydrogen) atoms. The molecule has 1 aromatic heterocycles. The zero-order valence-corrected chi connectivity index (χ0v) is 17.9. The Balaban J connectivity index is 1.82. The molecule has 1 aromatic carbocycles. The minimum atomic E-state index is 0.134. The van der Waals surface area contributed by atoms with Crippen molar-refractivity contribution in [1.82, 2.24) is 9.47 Å². The normalized spacial score (nSPS) is 26.3. The Hall–Kier alpha value is -0.930. The first-order valence-electron chi connectivity index (χ1n) is 10.3. The Morgan fingerprint density at radius 3 is 2.73 bits per heavy atom. The quantitative estimate of drug-likeness (QED) is 0.702. The third-order valence-electron chi connectivity index (χ3n) is 6.42. The van der Waals surface area contributed by atoms with Crippen LogP contribution in [0.25, 0.3) is 10.9 Å². The summed E-state index contributed by atoms with van der Waals surface area (Å²) in [6.07, 6.45) is 8.58. The van der Waals surface area contributed by atoms with Crippen LogP contribution in [0.15, 0.2) is 24.4 Å². The summed E-state index contributed by atoms with van der Waals surface area (Å²) in [5.74, 6) is 2.84. The van der Waals surface area contributed by atoms with Crippen LogP contribution in [0.2, 0.25) is 0 Å². The van der Waals surface area contributed by atoms with Crippen LogP contribution >= 0.6 is 11.8 Å². The monoisotopic (exact) mass is 370 g/mol. The third kappa shape index (κ3) is 3.01. The summed E-state index contributed by atoms with van der Waals surface area (Å²) in [4.78, 5) is 2.82. The number of rotatable bonds is 4. The minimum absolute atomic E-state index is 0.134. The smallest absolute Gasteiger partial charge is 0.0491 e. The fourth-order valence-electron chi connectivity index (χ4n) is 5.46. The standard InChI is InChI=1S/C23H34N2S/c1-6-10-24-13-16(15-26-5)11-19-18-8-7-9-20-22(18)17(12-21(19)24)14-25(20)23(2,3)4/h7-9,14,16,19,21H,6,10-13,15H2,1-5H3. The molecule has 142 valence electrons. The molecule has 1 fully saturated rings. The second kappa shape index (κ2) is 6.91. The lowest BCUT2D eigenvalue weighted by Crippen LogP contribution is -2.50. The van der Waals surface area contributed by atoms with E-state index in [1.54, 1.807) is 16.5 Å². The van der Waals surface area contributed by atoms with Gasteiger partial charge in [-0.05, 0) is 81.7 Å². The van der Waals surface area contributed by atoms with Crippen molar-refractivity contribution in [3.8, 4) is 0 Å². The predicted octanol–water partition coefficient (Wildman–Crippen LogP) is 5.50. The maximum Gasteiger partial charge on any atom is 0.0491 e. The Kier molecular flexibility index (Phi) is 4.90. The van der Waals surface area contributed by atoms with Gasteiger partial charge in [0.15, 0.2) is 0 Å². The van der Waals surface area contributed by atoms with Crippen molar-refractivity contribution < 1.29 is 0 Å². The van der Waals surface area contributed by atoms with E-state index < -0.39 is 0 Å². The highest BCUT2D eigenvalue weighted by atomic mass is 32.2. The topological polar surface area (TPSA) is 8.17 Å². The molecule has 1 aliphatic heterocycles. The van der Waals surface area contributed by atoms with Crippen molar-refractivity contribution in [3.05, 3.63) is 35.5 Å². The molecule has 2 nitrogen and oxygen atoms in total. The summed E-state index contributed by atoms with van der Waals surface area (Å²) in [7, 11) is 0. The molecule has 0 bridgehead atoms. The molecule has 3 heteroatoms. The summed E-state index contributed by atoms with van der Waals surface area (Å²) < 4.78 is 2.52. The van der Waals surface area contributed by atoms with E-state index in [0.717, 1.165) is 5.92 Å². The van der Waals surface area contributed by atoms with Gasteiger partial charge in [0.1, 0.15) is 0 Å². The van der Waals surface area contributed by atoms with Crippen molar-refractivity contribution in [2.24, 2.45) is 5.92 Å². The molecule has 0 amide bonds. The molecule has 2 aliphatic rings. The number of likely N-dealkylation sites (tertiary alicyclic amines) is 1. The highest BCUT2D eigenvalue weighted by molar-refractivity contribution is 7.98. The van der Waals surface area contributed by atoms with Gasteiger partial charge in [0, 0.05) is 41.1 Å². The lowest BCUT2D eigenvalue weighted by molar-refractivity contribution is 0.0926. The first-order valence-corrected chi connectivity index (χ1v) is 11.7. The van der Waals surface area contributed by atoms with Crippen molar-refractivity contribution in [3.63, 3.8) is 0 Å². The molecule has 3 unspecified atom stereocenters. The second-order valence-corrected chi connectivity index (χ2v) is 10.3. The summed E-state index contributed by atoms with van der Waals surface area (Å²) in [6, 6.07) is 7.76. The van der Waals surface area contributed by atoms with Gasteiger partial charge < -0.3 is 4.57 Å². The van der Waals surface area contributed by atoms with Gasteiger partial charge in [-0.25, -0.2) is 0 Å². The zero-order chi connectivity index (χ0) is 18.5. The molecule has 0 radical (unpaired) electrons. The first-order chi connectivity index (χ1) is 12.4. The molecule has 0 spiro atoms. The maximum atomic E-state index is 2.82. The van der Waals surface area contributed by atoms with Crippen LogP contribution in [0.5, 0.6) is 0 Å². The van der Waals surface area contributed by atoms with Crippen molar-refractivity contribution in [2.75, 3.05) is 25.1 Å². The Morgan fingerprint density at radius 2 is 2.04 bits per heavy atom. The van der Waals surface area contributed by atoms with Crippen molar-refractivity contribution in [2.45, 2.75) is 64.5 Å². The number of hydrogen-bond donors (Lipinski definition) is 0. The van der Waals surface area contributed by atoms with Crippen LogP contribution in [-0.4, -0.2) is 40.6 Å². The number of benzene rings is 1. The van der Waals surface area contributed by atoms with E-state index in [0.29, 0.717) is 12.0 Å². The molecule has 2 heterocycles. The number of piperidine rings is 1. The summed E-state index contributed by atoms with van der Waals surface area (Å²) in [5, 5.41) is 1.57. The summed E-state index contributed by atoms with van der Waals surface area (Å²) in [6.45, 7) is 11.8. The largest absolute Gasteiger partial charge is 0.342 e. The first kappa shape index (κ1) is 18.4. The van der Waals surface area contributed by atoms with Gasteiger partial charge >= 0.3 is 0 Å². The van der Waals surface area contributed by atoms with E-state index in [1.807, 2.05) is 11.8 Å². The fourth-order valence-corrected chi connectivity index (χ4v) is 6.17. The lowest BCUT2D eigenvalue weighted by atomic mass is 9.72. The molecule has 1 aliphatic carbocycles. The van der Waals surface area contributed by atoms with E-state index >= 15 is 0 Å². The molecular formula is C23H34N2S. The molecule has 2 aromatic rings. The van der Waals surface area contributed by atoms with Crippen LogP contribution in [0.4, 0.5) is 0 Å². The number of nitrogens with zero attached hydrogens (tertiary/aromatic N) is 2. The Bertz CT molecular complexity index is 785. The lowest BCUT2D eigenvalue weighted by Gasteiger charge is -2.47. The van der Waals surface area contributed by atoms with Crippen LogP contribution in [0.3, 0.4) is 0 Å². The molecule has 4 rings (SSSR count). The van der Waals surface area contributed by atoms with Crippen LogP contribution in [0, 0.1) is 5.92 Å². The van der Waals surface area contributed by atoms with Crippen LogP contribution in [0.1, 0.15) is 57.6 Å². The van der Waals surface area contributed by atoms with E-state index in [1.165, 1.54) is 43.6 Å². The third-order valence-corrected chi connectivity index (χ3v) is 7.22. The van der Waals surface area contributed by atoms with Crippen molar-refractivity contribution in [1.29, 1.82) is 0 Å². The average Bonchev–Trinajstić information content (AvgIpc) is 2.97. The fraction of sp³-hybridized carbons (Fsp3) is 0.652. The highest BCUT2D eigenvalue weighted by Gasteiger charge is 2.40. The SMILES string of the molecule is CCCN1CC(CSC)CC2c3cccc4c3c(cn4C(C)(C)C)CC21. The average molecular weight is 371 g/mol. The molecule has 1 saturated heterocycles. The van der Waals surface area contributed by atoms with Gasteiger partial charge in [-0.15, -0.1) is 0 Å². The van der Waals surface area contributed by atoms with Gasteiger partial charge in [-0.1, -0.05) is 19.1 Å². The number of hydrogen-bond acceptors (Lipinski definition) is 2. The van der Waals surface area contributed by atoms with Crippen molar-refractivity contribution >= 4 is 22.7 Å². The van der Waals surface area contributed by atoms with E-state index in [4.69, 9.17) is 0 Å². The molecule has 3 atom stereocenters. The summed E-state index contributed by atoms with van der Waals surface area (Å²) >= 11 is 2.02. The summed E-state index contributed by atoms with van der Waals surface area (Å²) in [5.41, 5.74) is 4.78. The van der Waals surface area contributed by atoms with E-state index in [2.05, 4.69) is 67.8 Å². The van der Waals surface area contributed by atoms with Gasteiger partial charge in [-0.2, -0.15) is 11.8 Å². The predicted molar refractivity (Wildman–Crippen MR) is 116 cm³/mol. The number of thioether (sulfide) groups is 1. The zero-order valence-electron chi connectivity index (χ0n) is 17.1. The second-order valence-electron chi connectivity index (χ2n) is 9.37. The van der Waals surface area contributed by atoms with Gasteiger partial charge in [-0.3, -0.25) is 4.90 Å². The highest BCUT2D eigenvalue weighted by Crippen LogP contribution is 2.46. The van der Waals surface area contributed by atoms with Gasteiger partial charge in [0.25, 0.3) is 0 Å². The van der Waals surface area contributed by atoms with E-state index in [-0.39, 0.29) is 5.54 Å². The van der Waals surface area contributed by atoms with Gasteiger partial charge in [0.05, 0.1) is 0 Å². The maximum absolute atomic E-state index is 2.82.